The molecule has 1 atom stereocenters. The summed E-state index contributed by atoms with van der Waals surface area (Å²) in [7, 11) is 0. The zero-order valence-electron chi connectivity index (χ0n) is 13.0. The first-order valence-corrected chi connectivity index (χ1v) is 7.58. The van der Waals surface area contributed by atoms with Crippen molar-refractivity contribution < 1.29 is 33.0 Å². The number of hydrogen-bond donors (Lipinski definition) is 1. The quantitative estimate of drug-likeness (QED) is 0.819. The second-order valence-corrected chi connectivity index (χ2v) is 5.44. The van der Waals surface area contributed by atoms with Crippen molar-refractivity contribution in [2.24, 2.45) is 0 Å². The zero-order chi connectivity index (χ0) is 17.5. The van der Waals surface area contributed by atoms with Crippen molar-refractivity contribution in [2.45, 2.75) is 31.9 Å². The lowest BCUT2D eigenvalue weighted by atomic mass is 10.1. The van der Waals surface area contributed by atoms with Crippen molar-refractivity contribution in [2.75, 3.05) is 19.8 Å². The Morgan fingerprint density at radius 1 is 1.33 bits per heavy atom. The van der Waals surface area contributed by atoms with Crippen LogP contribution in [0.5, 0.6) is 5.75 Å². The van der Waals surface area contributed by atoms with Gasteiger partial charge in [0.1, 0.15) is 5.75 Å². The van der Waals surface area contributed by atoms with Crippen LogP contribution in [0.4, 0.5) is 8.78 Å². The molecule has 132 valence electrons. The highest BCUT2D eigenvalue weighted by atomic mass is 19.3. The zero-order valence-corrected chi connectivity index (χ0v) is 13.0. The average molecular weight is 343 g/mol. The number of aliphatic carboxylic acids is 1. The highest BCUT2D eigenvalue weighted by Gasteiger charge is 2.28. The summed E-state index contributed by atoms with van der Waals surface area (Å²) in [4.78, 5) is 24.7. The first kappa shape index (κ1) is 18.1. The standard InChI is InChI=1S/C16H19F2NO5/c17-16(18)24-13-4-1-11(2-5-13)3-6-14(20)19-7-8-23-10-12(19)9-15(21)22/h1-2,4-5,12,16H,3,6-10H2,(H,21,22). The van der Waals surface area contributed by atoms with Crippen LogP contribution in [0.2, 0.25) is 0 Å². The predicted molar refractivity (Wildman–Crippen MR) is 80.0 cm³/mol. The molecule has 1 amide bonds. The summed E-state index contributed by atoms with van der Waals surface area (Å²) in [5, 5.41) is 8.90. The van der Waals surface area contributed by atoms with Gasteiger partial charge in [0.2, 0.25) is 5.91 Å². The Bertz CT molecular complexity index is 564. The van der Waals surface area contributed by atoms with Gasteiger partial charge in [0.15, 0.2) is 0 Å². The lowest BCUT2D eigenvalue weighted by Gasteiger charge is -2.35. The normalized spacial score (nSPS) is 17.8. The number of carboxylic acid groups (broad SMARTS) is 1. The van der Waals surface area contributed by atoms with Gasteiger partial charge >= 0.3 is 12.6 Å². The number of aryl methyl sites for hydroxylation is 1. The maximum absolute atomic E-state index is 12.3. The van der Waals surface area contributed by atoms with Crippen LogP contribution in [-0.4, -0.2) is 54.3 Å². The molecule has 0 saturated carbocycles. The molecule has 1 saturated heterocycles. The summed E-state index contributed by atoms with van der Waals surface area (Å²) in [6, 6.07) is 5.64. The lowest BCUT2D eigenvalue weighted by Crippen LogP contribution is -2.49. The third kappa shape index (κ3) is 5.45. The Labute approximate surface area is 138 Å². The number of alkyl halides is 2. The monoisotopic (exact) mass is 343 g/mol. The van der Waals surface area contributed by atoms with E-state index in [0.717, 1.165) is 5.56 Å². The van der Waals surface area contributed by atoms with E-state index in [4.69, 9.17) is 9.84 Å². The molecule has 1 fully saturated rings. The fraction of sp³-hybridized carbons (Fsp3) is 0.500. The Hall–Kier alpha value is -2.22. The molecule has 1 aromatic rings. The molecule has 0 spiro atoms. The van der Waals surface area contributed by atoms with Crippen molar-refractivity contribution in [3.05, 3.63) is 29.8 Å². The highest BCUT2D eigenvalue weighted by Crippen LogP contribution is 2.17. The van der Waals surface area contributed by atoms with Crippen LogP contribution < -0.4 is 4.74 Å². The fourth-order valence-electron chi connectivity index (χ4n) is 2.59. The van der Waals surface area contributed by atoms with E-state index >= 15 is 0 Å². The van der Waals surface area contributed by atoms with Crippen molar-refractivity contribution in [3.8, 4) is 5.75 Å². The van der Waals surface area contributed by atoms with Crippen LogP contribution in [0, 0.1) is 0 Å². The number of carbonyl (C=O) groups excluding carboxylic acids is 1. The number of ether oxygens (including phenoxy) is 2. The number of morpholine rings is 1. The minimum atomic E-state index is -2.87. The van der Waals surface area contributed by atoms with Gasteiger partial charge in [-0.25, -0.2) is 0 Å². The van der Waals surface area contributed by atoms with Crippen LogP contribution in [0.25, 0.3) is 0 Å². The minimum Gasteiger partial charge on any atom is -0.481 e. The van der Waals surface area contributed by atoms with Crippen molar-refractivity contribution in [1.29, 1.82) is 0 Å². The van der Waals surface area contributed by atoms with Gasteiger partial charge in [0.05, 0.1) is 25.7 Å². The van der Waals surface area contributed by atoms with Crippen molar-refractivity contribution in [3.63, 3.8) is 0 Å². The topological polar surface area (TPSA) is 76.1 Å². The Balaban J connectivity index is 1.88. The van der Waals surface area contributed by atoms with E-state index in [9.17, 15) is 18.4 Å². The molecule has 1 N–H and O–H groups in total. The molecule has 1 aliphatic rings. The van der Waals surface area contributed by atoms with E-state index in [1.54, 1.807) is 17.0 Å². The molecule has 1 aliphatic heterocycles. The number of nitrogens with zero attached hydrogens (tertiary/aromatic N) is 1. The number of amides is 1. The van der Waals surface area contributed by atoms with Gasteiger partial charge in [0.25, 0.3) is 0 Å². The van der Waals surface area contributed by atoms with Gasteiger partial charge in [-0.1, -0.05) is 12.1 Å². The number of carboxylic acids is 1. The molecule has 8 heteroatoms. The van der Waals surface area contributed by atoms with Gasteiger partial charge in [-0.05, 0) is 24.1 Å². The minimum absolute atomic E-state index is 0.0646. The molecule has 0 radical (unpaired) electrons. The number of halogens is 2. The van der Waals surface area contributed by atoms with Crippen LogP contribution in [0.1, 0.15) is 18.4 Å². The maximum atomic E-state index is 12.3. The summed E-state index contributed by atoms with van der Waals surface area (Å²) in [6.45, 7) is -1.89. The van der Waals surface area contributed by atoms with E-state index in [1.807, 2.05) is 0 Å². The Morgan fingerprint density at radius 2 is 2.04 bits per heavy atom. The lowest BCUT2D eigenvalue weighted by molar-refractivity contribution is -0.146. The molecular formula is C16H19F2NO5. The largest absolute Gasteiger partial charge is 0.481 e. The SMILES string of the molecule is O=C(O)CC1COCCN1C(=O)CCc1ccc(OC(F)F)cc1. The smallest absolute Gasteiger partial charge is 0.387 e. The summed E-state index contributed by atoms with van der Waals surface area (Å²) < 4.78 is 33.7. The molecule has 6 nitrogen and oxygen atoms in total. The van der Waals surface area contributed by atoms with Crippen LogP contribution >= 0.6 is 0 Å². The number of benzene rings is 1. The van der Waals surface area contributed by atoms with Crippen LogP contribution in [0.3, 0.4) is 0 Å². The van der Waals surface area contributed by atoms with Crippen molar-refractivity contribution >= 4 is 11.9 Å². The van der Waals surface area contributed by atoms with E-state index in [1.165, 1.54) is 12.1 Å². The van der Waals surface area contributed by atoms with Gasteiger partial charge in [-0.15, -0.1) is 0 Å². The summed E-state index contributed by atoms with van der Waals surface area (Å²) in [5.41, 5.74) is 0.813. The average Bonchev–Trinajstić information content (AvgIpc) is 2.53. The first-order valence-electron chi connectivity index (χ1n) is 7.58. The van der Waals surface area contributed by atoms with E-state index in [-0.39, 0.29) is 31.1 Å². The Morgan fingerprint density at radius 3 is 2.67 bits per heavy atom. The third-order valence-corrected chi connectivity index (χ3v) is 3.73. The fourth-order valence-corrected chi connectivity index (χ4v) is 2.59. The van der Waals surface area contributed by atoms with E-state index in [2.05, 4.69) is 4.74 Å². The van der Waals surface area contributed by atoms with Gasteiger partial charge in [-0.2, -0.15) is 8.78 Å². The first-order chi connectivity index (χ1) is 11.5. The maximum Gasteiger partial charge on any atom is 0.387 e. The summed E-state index contributed by atoms with van der Waals surface area (Å²) in [5.74, 6) is -1.05. The van der Waals surface area contributed by atoms with Crippen molar-refractivity contribution in [1.82, 2.24) is 4.90 Å². The van der Waals surface area contributed by atoms with E-state index < -0.39 is 18.6 Å². The summed E-state index contributed by atoms with van der Waals surface area (Å²) >= 11 is 0. The van der Waals surface area contributed by atoms with Gasteiger partial charge < -0.3 is 19.5 Å². The number of carbonyl (C=O) groups is 2. The summed E-state index contributed by atoms with van der Waals surface area (Å²) in [6.07, 6.45) is 0.502. The van der Waals surface area contributed by atoms with Gasteiger partial charge in [-0.3, -0.25) is 9.59 Å². The molecule has 1 unspecified atom stereocenters. The third-order valence-electron chi connectivity index (χ3n) is 3.73. The predicted octanol–water partition coefficient (Wildman–Crippen LogP) is 1.92. The second kappa shape index (κ2) is 8.58. The molecule has 0 bridgehead atoms. The van der Waals surface area contributed by atoms with Gasteiger partial charge in [0, 0.05) is 13.0 Å². The number of rotatable bonds is 7. The molecule has 0 aliphatic carbocycles. The van der Waals surface area contributed by atoms with Crippen LogP contribution in [-0.2, 0) is 20.7 Å². The molecule has 1 heterocycles. The molecule has 2 rings (SSSR count). The molecule has 24 heavy (non-hydrogen) atoms. The van der Waals surface area contributed by atoms with E-state index in [0.29, 0.717) is 19.6 Å². The van der Waals surface area contributed by atoms with Crippen LogP contribution in [0.15, 0.2) is 24.3 Å². The molecule has 1 aromatic carbocycles. The highest BCUT2D eigenvalue weighted by molar-refractivity contribution is 5.78. The number of hydrogen-bond acceptors (Lipinski definition) is 4. The second-order valence-electron chi connectivity index (χ2n) is 5.44. The molecular weight excluding hydrogens is 324 g/mol. The molecule has 0 aromatic heterocycles. The Kier molecular flexibility index (Phi) is 6.48.